The predicted molar refractivity (Wildman–Crippen MR) is 53.6 cm³/mol. The maximum Gasteiger partial charge on any atom is 0.169 e. The van der Waals surface area contributed by atoms with E-state index < -0.39 is 5.79 Å². The van der Waals surface area contributed by atoms with Crippen LogP contribution in [0.2, 0.25) is 0 Å². The lowest BCUT2D eigenvalue weighted by atomic mass is 10.0. The molecule has 1 rings (SSSR count). The average Bonchev–Trinajstić information content (AvgIpc) is 2.65. The van der Waals surface area contributed by atoms with Crippen molar-refractivity contribution in [1.82, 2.24) is 0 Å². The summed E-state index contributed by atoms with van der Waals surface area (Å²) in [5, 5.41) is 8.55. The molecule has 0 unspecified atom stereocenters. The summed E-state index contributed by atoms with van der Waals surface area (Å²) in [4.78, 5) is 0. The minimum atomic E-state index is -0.426. The van der Waals surface area contributed by atoms with Crippen LogP contribution in [0.25, 0.3) is 0 Å². The highest BCUT2D eigenvalue weighted by Crippen LogP contribution is 2.30. The van der Waals surface area contributed by atoms with Crippen molar-refractivity contribution < 1.29 is 9.47 Å². The number of rotatable bonds is 6. The highest BCUT2D eigenvalue weighted by atomic mass is 16.7. The second-order valence-corrected chi connectivity index (χ2v) is 3.72. The molecule has 1 heterocycles. The van der Waals surface area contributed by atoms with E-state index in [0.717, 1.165) is 12.8 Å². The van der Waals surface area contributed by atoms with E-state index in [9.17, 15) is 0 Å². The molecule has 0 saturated carbocycles. The number of ether oxygens (including phenoxy) is 2. The molecule has 0 N–H and O–H groups in total. The average molecular weight is 197 g/mol. The summed E-state index contributed by atoms with van der Waals surface area (Å²) < 4.78 is 11.2. The Morgan fingerprint density at radius 3 is 2.50 bits per heavy atom. The lowest BCUT2D eigenvalue weighted by Gasteiger charge is -2.26. The molecule has 80 valence electrons. The molecule has 1 aliphatic heterocycles. The molecule has 3 nitrogen and oxygen atoms in total. The van der Waals surface area contributed by atoms with Crippen molar-refractivity contribution in [1.29, 1.82) is 5.26 Å². The molecule has 0 bridgehead atoms. The van der Waals surface area contributed by atoms with Gasteiger partial charge in [-0.1, -0.05) is 19.8 Å². The Kier molecular flexibility index (Phi) is 4.92. The molecule has 0 aliphatic carbocycles. The molecule has 0 spiro atoms. The third-order valence-electron chi connectivity index (χ3n) is 2.59. The van der Waals surface area contributed by atoms with Crippen molar-refractivity contribution in [3.63, 3.8) is 0 Å². The molecular formula is C11H19NO2. The van der Waals surface area contributed by atoms with Gasteiger partial charge in [-0.05, 0) is 6.42 Å². The topological polar surface area (TPSA) is 42.2 Å². The van der Waals surface area contributed by atoms with Gasteiger partial charge in [0.05, 0.1) is 19.3 Å². The van der Waals surface area contributed by atoms with Crippen molar-refractivity contribution in [2.24, 2.45) is 0 Å². The van der Waals surface area contributed by atoms with Gasteiger partial charge in [-0.25, -0.2) is 0 Å². The van der Waals surface area contributed by atoms with Crippen LogP contribution in [0.15, 0.2) is 0 Å². The van der Waals surface area contributed by atoms with E-state index >= 15 is 0 Å². The number of nitriles is 1. The minimum Gasteiger partial charge on any atom is -0.347 e. The Morgan fingerprint density at radius 1 is 1.21 bits per heavy atom. The van der Waals surface area contributed by atoms with Crippen molar-refractivity contribution in [2.45, 2.75) is 51.2 Å². The van der Waals surface area contributed by atoms with Crippen molar-refractivity contribution >= 4 is 0 Å². The minimum absolute atomic E-state index is 0.426. The Bertz CT molecular complexity index is 192. The second-order valence-electron chi connectivity index (χ2n) is 3.72. The zero-order valence-electron chi connectivity index (χ0n) is 8.92. The lowest BCUT2D eigenvalue weighted by Crippen LogP contribution is -2.29. The maximum atomic E-state index is 8.55. The van der Waals surface area contributed by atoms with Gasteiger partial charge in [0.25, 0.3) is 0 Å². The van der Waals surface area contributed by atoms with Gasteiger partial charge in [-0.3, -0.25) is 0 Å². The van der Waals surface area contributed by atoms with Gasteiger partial charge in [-0.15, -0.1) is 0 Å². The summed E-state index contributed by atoms with van der Waals surface area (Å²) in [6.45, 7) is 3.54. The first-order valence-corrected chi connectivity index (χ1v) is 5.48. The number of hydrogen-bond acceptors (Lipinski definition) is 3. The van der Waals surface area contributed by atoms with Crippen LogP contribution in [0.3, 0.4) is 0 Å². The van der Waals surface area contributed by atoms with Crippen molar-refractivity contribution in [3.05, 3.63) is 0 Å². The third-order valence-corrected chi connectivity index (χ3v) is 2.59. The SMILES string of the molecule is CCCCCC1(CCC#N)OCCO1. The van der Waals surface area contributed by atoms with Crippen LogP contribution >= 0.6 is 0 Å². The Labute approximate surface area is 86.0 Å². The van der Waals surface area contributed by atoms with Crippen LogP contribution in [0.1, 0.15) is 45.4 Å². The van der Waals surface area contributed by atoms with Gasteiger partial charge >= 0.3 is 0 Å². The van der Waals surface area contributed by atoms with E-state index in [1.54, 1.807) is 0 Å². The van der Waals surface area contributed by atoms with Crippen LogP contribution in [0.4, 0.5) is 0 Å². The van der Waals surface area contributed by atoms with E-state index in [4.69, 9.17) is 14.7 Å². The first-order valence-electron chi connectivity index (χ1n) is 5.48. The second kappa shape index (κ2) is 6.00. The number of nitrogens with zero attached hydrogens (tertiary/aromatic N) is 1. The standard InChI is InChI=1S/C11H19NO2/c1-2-3-4-6-11(7-5-8-12)13-9-10-14-11/h2-7,9-10H2,1H3. The van der Waals surface area contributed by atoms with E-state index in [0.29, 0.717) is 26.1 Å². The van der Waals surface area contributed by atoms with Gasteiger partial charge in [0.15, 0.2) is 5.79 Å². The largest absolute Gasteiger partial charge is 0.347 e. The Morgan fingerprint density at radius 2 is 1.93 bits per heavy atom. The first kappa shape index (κ1) is 11.5. The molecule has 0 aromatic carbocycles. The molecule has 0 radical (unpaired) electrons. The Balaban J connectivity index is 2.33. The highest BCUT2D eigenvalue weighted by Gasteiger charge is 2.35. The predicted octanol–water partition coefficient (Wildman–Crippen LogP) is 2.61. The highest BCUT2D eigenvalue weighted by molar-refractivity contribution is 4.80. The lowest BCUT2D eigenvalue weighted by molar-refractivity contribution is -0.166. The zero-order chi connectivity index (χ0) is 10.3. The van der Waals surface area contributed by atoms with Crippen LogP contribution in [-0.4, -0.2) is 19.0 Å². The van der Waals surface area contributed by atoms with Gasteiger partial charge in [0.2, 0.25) is 0 Å². The van der Waals surface area contributed by atoms with Crippen molar-refractivity contribution in [3.8, 4) is 6.07 Å². The number of unbranched alkanes of at least 4 members (excludes halogenated alkanes) is 2. The van der Waals surface area contributed by atoms with Gasteiger partial charge in [0, 0.05) is 19.3 Å². The zero-order valence-corrected chi connectivity index (χ0v) is 8.92. The fourth-order valence-corrected chi connectivity index (χ4v) is 1.80. The third kappa shape index (κ3) is 3.28. The Hall–Kier alpha value is -0.590. The van der Waals surface area contributed by atoms with E-state index in [-0.39, 0.29) is 0 Å². The molecule has 14 heavy (non-hydrogen) atoms. The quantitative estimate of drug-likeness (QED) is 0.615. The summed E-state index contributed by atoms with van der Waals surface area (Å²) in [6, 6.07) is 2.15. The molecule has 0 aromatic heterocycles. The van der Waals surface area contributed by atoms with Crippen molar-refractivity contribution in [2.75, 3.05) is 13.2 Å². The van der Waals surface area contributed by atoms with Gasteiger partial charge < -0.3 is 9.47 Å². The fourth-order valence-electron chi connectivity index (χ4n) is 1.80. The van der Waals surface area contributed by atoms with Gasteiger partial charge in [0.1, 0.15) is 0 Å². The summed E-state index contributed by atoms with van der Waals surface area (Å²) >= 11 is 0. The van der Waals surface area contributed by atoms with E-state index in [2.05, 4.69) is 13.0 Å². The van der Waals surface area contributed by atoms with E-state index in [1.165, 1.54) is 12.8 Å². The first-order chi connectivity index (χ1) is 6.83. The summed E-state index contributed by atoms with van der Waals surface area (Å²) in [5.41, 5.74) is 0. The van der Waals surface area contributed by atoms with Crippen LogP contribution < -0.4 is 0 Å². The molecule has 0 aromatic rings. The van der Waals surface area contributed by atoms with Gasteiger partial charge in [-0.2, -0.15) is 5.26 Å². The molecule has 0 amide bonds. The smallest absolute Gasteiger partial charge is 0.169 e. The summed E-state index contributed by atoms with van der Waals surface area (Å²) in [6.07, 6.45) is 5.71. The normalized spacial score (nSPS) is 19.4. The fraction of sp³-hybridized carbons (Fsp3) is 0.909. The number of hydrogen-bond donors (Lipinski definition) is 0. The molecule has 1 aliphatic rings. The van der Waals surface area contributed by atoms with Crippen LogP contribution in [0, 0.1) is 11.3 Å². The maximum absolute atomic E-state index is 8.55. The van der Waals surface area contributed by atoms with Crippen LogP contribution in [0.5, 0.6) is 0 Å². The molecule has 3 heteroatoms. The molecule has 1 saturated heterocycles. The van der Waals surface area contributed by atoms with Crippen LogP contribution in [-0.2, 0) is 9.47 Å². The van der Waals surface area contributed by atoms with E-state index in [1.807, 2.05) is 0 Å². The molecular weight excluding hydrogens is 178 g/mol. The summed E-state index contributed by atoms with van der Waals surface area (Å²) in [7, 11) is 0. The molecule has 1 fully saturated rings. The molecule has 0 atom stereocenters. The monoisotopic (exact) mass is 197 g/mol. The summed E-state index contributed by atoms with van der Waals surface area (Å²) in [5.74, 6) is -0.426.